The second-order valence-electron chi connectivity index (χ2n) is 6.03. The van der Waals surface area contributed by atoms with Crippen molar-refractivity contribution in [1.29, 1.82) is 0 Å². The molecule has 1 aromatic heterocycles. The summed E-state index contributed by atoms with van der Waals surface area (Å²) in [7, 11) is -3.65. The number of amides is 1. The molecule has 0 aliphatic heterocycles. The number of rotatable bonds is 8. The molecule has 1 amide bonds. The lowest BCUT2D eigenvalue weighted by atomic mass is 10.2. The van der Waals surface area contributed by atoms with Gasteiger partial charge in [-0.2, -0.15) is 0 Å². The van der Waals surface area contributed by atoms with Crippen molar-refractivity contribution in [2.75, 3.05) is 11.6 Å². The van der Waals surface area contributed by atoms with Crippen molar-refractivity contribution in [3.05, 3.63) is 84.3 Å². The van der Waals surface area contributed by atoms with Crippen LogP contribution in [-0.4, -0.2) is 20.6 Å². The van der Waals surface area contributed by atoms with Gasteiger partial charge in [-0.1, -0.05) is 18.2 Å². The van der Waals surface area contributed by atoms with Crippen LogP contribution in [0, 0.1) is 0 Å². The van der Waals surface area contributed by atoms with Gasteiger partial charge in [0.1, 0.15) is 5.76 Å². The van der Waals surface area contributed by atoms with Crippen molar-refractivity contribution in [3.63, 3.8) is 0 Å². The summed E-state index contributed by atoms with van der Waals surface area (Å²) in [5.41, 5.74) is 1.43. The Morgan fingerprint density at radius 2 is 1.90 bits per heavy atom. The highest BCUT2D eigenvalue weighted by Crippen LogP contribution is 2.19. The van der Waals surface area contributed by atoms with Gasteiger partial charge in [0.2, 0.25) is 15.9 Å². The standard InChI is InChI=1S/C21H20N2O4S2/c1-28-19-6-2-4-17(14-19)23-21(24)12-9-16-7-10-20(11-8-16)29(25,26)22-15-18-5-3-13-27-18/h2-14,22H,15H2,1H3,(H,23,24)/b12-9+. The molecule has 3 rings (SSSR count). The number of carbonyl (C=O) groups excluding carboxylic acids is 1. The first kappa shape index (κ1) is 20.9. The van der Waals surface area contributed by atoms with E-state index in [1.54, 1.807) is 42.1 Å². The van der Waals surface area contributed by atoms with E-state index in [0.29, 0.717) is 11.3 Å². The molecule has 0 radical (unpaired) electrons. The number of hydrogen-bond acceptors (Lipinski definition) is 5. The lowest BCUT2D eigenvalue weighted by molar-refractivity contribution is -0.111. The molecule has 8 heteroatoms. The Hall–Kier alpha value is -2.81. The molecule has 3 aromatic rings. The number of furan rings is 1. The first-order valence-electron chi connectivity index (χ1n) is 8.71. The van der Waals surface area contributed by atoms with Crippen LogP contribution in [0.1, 0.15) is 11.3 Å². The SMILES string of the molecule is CSc1cccc(NC(=O)/C=C/c2ccc(S(=O)(=O)NCc3ccco3)cc2)c1. The first-order chi connectivity index (χ1) is 14.0. The lowest BCUT2D eigenvalue weighted by Crippen LogP contribution is -2.22. The molecule has 0 spiro atoms. The number of carbonyl (C=O) groups is 1. The van der Waals surface area contributed by atoms with Gasteiger partial charge < -0.3 is 9.73 Å². The zero-order valence-corrected chi connectivity index (χ0v) is 17.3. The van der Waals surface area contributed by atoms with Gasteiger partial charge in [-0.3, -0.25) is 4.79 Å². The minimum atomic E-state index is -3.65. The van der Waals surface area contributed by atoms with E-state index in [1.165, 1.54) is 24.5 Å². The van der Waals surface area contributed by atoms with E-state index < -0.39 is 10.0 Å². The Balaban J connectivity index is 1.59. The van der Waals surface area contributed by atoms with E-state index in [0.717, 1.165) is 10.6 Å². The third-order valence-electron chi connectivity index (χ3n) is 3.97. The highest BCUT2D eigenvalue weighted by atomic mass is 32.2. The Kier molecular flexibility index (Phi) is 6.92. The van der Waals surface area contributed by atoms with Crippen LogP contribution in [0.15, 0.2) is 87.2 Å². The minimum Gasteiger partial charge on any atom is -0.468 e. The summed E-state index contributed by atoms with van der Waals surface area (Å²) < 4.78 is 32.2. The third-order valence-corrected chi connectivity index (χ3v) is 6.11. The minimum absolute atomic E-state index is 0.0783. The zero-order valence-electron chi connectivity index (χ0n) is 15.7. The van der Waals surface area contributed by atoms with Gasteiger partial charge in [-0.15, -0.1) is 11.8 Å². The Labute approximate surface area is 174 Å². The Morgan fingerprint density at radius 3 is 2.59 bits per heavy atom. The van der Waals surface area contributed by atoms with Gasteiger partial charge >= 0.3 is 0 Å². The summed E-state index contributed by atoms with van der Waals surface area (Å²) in [6.45, 7) is 0.0783. The second kappa shape index (κ2) is 9.60. The normalized spacial score (nSPS) is 11.6. The zero-order chi connectivity index (χ0) is 20.7. The Morgan fingerprint density at radius 1 is 1.10 bits per heavy atom. The maximum atomic E-state index is 12.3. The van der Waals surface area contributed by atoms with Gasteiger partial charge in [0.15, 0.2) is 0 Å². The quantitative estimate of drug-likeness (QED) is 0.416. The number of anilines is 1. The average molecular weight is 429 g/mol. The molecule has 0 saturated heterocycles. The smallest absolute Gasteiger partial charge is 0.248 e. The largest absolute Gasteiger partial charge is 0.468 e. The fourth-order valence-electron chi connectivity index (χ4n) is 2.48. The van der Waals surface area contributed by atoms with E-state index >= 15 is 0 Å². The predicted octanol–water partition coefficient (Wildman–Crippen LogP) is 4.13. The molecule has 1 heterocycles. The van der Waals surface area contributed by atoms with Crippen molar-refractivity contribution in [2.24, 2.45) is 0 Å². The van der Waals surface area contributed by atoms with Crippen molar-refractivity contribution in [1.82, 2.24) is 4.72 Å². The number of sulfonamides is 1. The van der Waals surface area contributed by atoms with Crippen LogP contribution in [0.3, 0.4) is 0 Å². The summed E-state index contributed by atoms with van der Waals surface area (Å²) in [4.78, 5) is 13.3. The first-order valence-corrected chi connectivity index (χ1v) is 11.4. The molecule has 2 N–H and O–H groups in total. The summed E-state index contributed by atoms with van der Waals surface area (Å²) >= 11 is 1.60. The van der Waals surface area contributed by atoms with Crippen LogP contribution in [0.4, 0.5) is 5.69 Å². The monoisotopic (exact) mass is 428 g/mol. The third kappa shape index (κ3) is 6.08. The van der Waals surface area contributed by atoms with Gasteiger partial charge in [-0.05, 0) is 60.4 Å². The summed E-state index contributed by atoms with van der Waals surface area (Å²) in [5, 5.41) is 2.80. The van der Waals surface area contributed by atoms with Gasteiger partial charge in [-0.25, -0.2) is 13.1 Å². The fourth-order valence-corrected chi connectivity index (χ4v) is 3.93. The van der Waals surface area contributed by atoms with Crippen molar-refractivity contribution in [3.8, 4) is 0 Å². The predicted molar refractivity (Wildman–Crippen MR) is 115 cm³/mol. The number of benzene rings is 2. The van der Waals surface area contributed by atoms with E-state index in [2.05, 4.69) is 10.0 Å². The van der Waals surface area contributed by atoms with Gasteiger partial charge in [0.25, 0.3) is 0 Å². The van der Waals surface area contributed by atoms with Gasteiger partial charge in [0.05, 0.1) is 17.7 Å². The van der Waals surface area contributed by atoms with Gasteiger partial charge in [0, 0.05) is 16.7 Å². The second-order valence-corrected chi connectivity index (χ2v) is 8.67. The molecular formula is C21H20N2O4S2. The highest BCUT2D eigenvalue weighted by Gasteiger charge is 2.13. The van der Waals surface area contributed by atoms with Crippen molar-refractivity contribution < 1.29 is 17.6 Å². The fraction of sp³-hybridized carbons (Fsp3) is 0.0952. The summed E-state index contributed by atoms with van der Waals surface area (Å²) in [6.07, 6.45) is 6.49. The average Bonchev–Trinajstić information content (AvgIpc) is 3.25. The molecule has 6 nitrogen and oxygen atoms in total. The van der Waals surface area contributed by atoms with Crippen LogP contribution in [0.25, 0.3) is 6.08 Å². The molecule has 150 valence electrons. The van der Waals surface area contributed by atoms with Crippen LogP contribution in [0.2, 0.25) is 0 Å². The number of thioether (sulfide) groups is 1. The van der Waals surface area contributed by atoms with Crippen molar-refractivity contribution in [2.45, 2.75) is 16.3 Å². The molecule has 0 atom stereocenters. The summed E-state index contributed by atoms with van der Waals surface area (Å²) in [6, 6.07) is 17.2. The molecule has 0 aliphatic carbocycles. The highest BCUT2D eigenvalue weighted by molar-refractivity contribution is 7.98. The molecule has 2 aromatic carbocycles. The molecule has 0 fully saturated rings. The maximum absolute atomic E-state index is 12.3. The van der Waals surface area contributed by atoms with E-state index in [-0.39, 0.29) is 17.3 Å². The molecule has 0 unspecified atom stereocenters. The van der Waals surface area contributed by atoms with Crippen LogP contribution < -0.4 is 10.0 Å². The van der Waals surface area contributed by atoms with E-state index in [9.17, 15) is 13.2 Å². The molecule has 0 saturated carbocycles. The maximum Gasteiger partial charge on any atom is 0.248 e. The van der Waals surface area contributed by atoms with Crippen LogP contribution in [-0.2, 0) is 21.4 Å². The molecule has 0 aliphatic rings. The van der Waals surface area contributed by atoms with Crippen LogP contribution in [0.5, 0.6) is 0 Å². The van der Waals surface area contributed by atoms with Crippen molar-refractivity contribution >= 4 is 39.5 Å². The van der Waals surface area contributed by atoms with E-state index in [1.807, 2.05) is 30.5 Å². The molecular weight excluding hydrogens is 408 g/mol. The number of nitrogens with one attached hydrogen (secondary N) is 2. The summed E-state index contributed by atoms with van der Waals surface area (Å²) in [5.74, 6) is 0.266. The lowest BCUT2D eigenvalue weighted by Gasteiger charge is -2.06. The van der Waals surface area contributed by atoms with Crippen LogP contribution >= 0.6 is 11.8 Å². The topological polar surface area (TPSA) is 88.4 Å². The number of hydrogen-bond donors (Lipinski definition) is 2. The molecule has 29 heavy (non-hydrogen) atoms. The van der Waals surface area contributed by atoms with E-state index in [4.69, 9.17) is 4.42 Å². The Bertz CT molecular complexity index is 1090. The molecule has 0 bridgehead atoms.